The normalized spacial score (nSPS) is 10.5. The number of rotatable bonds is 8. The molecule has 6 nitrogen and oxygen atoms in total. The number of benzene rings is 3. The highest BCUT2D eigenvalue weighted by Crippen LogP contribution is 2.16. The molecule has 0 heterocycles. The maximum atomic E-state index is 12.2. The van der Waals surface area contributed by atoms with Gasteiger partial charge in [0.15, 0.2) is 0 Å². The summed E-state index contributed by atoms with van der Waals surface area (Å²) in [7, 11) is 3.18. The highest BCUT2D eigenvalue weighted by Gasteiger charge is 2.09. The molecule has 0 atom stereocenters. The van der Waals surface area contributed by atoms with E-state index in [0.717, 1.165) is 22.6 Å². The first-order valence-corrected chi connectivity index (χ1v) is 9.51. The molecule has 6 heteroatoms. The van der Waals surface area contributed by atoms with Crippen LogP contribution >= 0.6 is 0 Å². The summed E-state index contributed by atoms with van der Waals surface area (Å²) >= 11 is 0. The van der Waals surface area contributed by atoms with Crippen LogP contribution in [0.5, 0.6) is 17.2 Å². The van der Waals surface area contributed by atoms with E-state index in [0.29, 0.717) is 11.3 Å². The van der Waals surface area contributed by atoms with Gasteiger partial charge >= 0.3 is 11.9 Å². The van der Waals surface area contributed by atoms with Crippen molar-refractivity contribution in [2.24, 2.45) is 0 Å². The maximum absolute atomic E-state index is 12.2. The van der Waals surface area contributed by atoms with Gasteiger partial charge in [0, 0.05) is 6.08 Å². The van der Waals surface area contributed by atoms with Crippen LogP contribution in [0, 0.1) is 0 Å². The second kappa shape index (κ2) is 10.6. The van der Waals surface area contributed by atoms with Gasteiger partial charge in [-0.1, -0.05) is 24.3 Å². The number of carbonyl (C=O) groups is 2. The average Bonchev–Trinajstić information content (AvgIpc) is 2.82. The van der Waals surface area contributed by atoms with Crippen molar-refractivity contribution >= 4 is 18.0 Å². The second-order valence-electron chi connectivity index (χ2n) is 6.48. The number of ether oxygens (including phenoxy) is 4. The van der Waals surface area contributed by atoms with E-state index in [1.165, 1.54) is 6.08 Å². The van der Waals surface area contributed by atoms with E-state index in [2.05, 4.69) is 0 Å². The predicted molar refractivity (Wildman–Crippen MR) is 116 cm³/mol. The van der Waals surface area contributed by atoms with E-state index in [9.17, 15) is 9.59 Å². The van der Waals surface area contributed by atoms with Crippen LogP contribution in [0.4, 0.5) is 0 Å². The molecule has 0 radical (unpaired) electrons. The molecule has 0 bridgehead atoms. The van der Waals surface area contributed by atoms with Gasteiger partial charge in [-0.05, 0) is 65.7 Å². The van der Waals surface area contributed by atoms with Crippen molar-refractivity contribution in [2.75, 3.05) is 14.2 Å². The second-order valence-corrected chi connectivity index (χ2v) is 6.48. The van der Waals surface area contributed by atoms with Gasteiger partial charge in [-0.3, -0.25) is 0 Å². The molecular formula is C25H22O6. The number of esters is 2. The largest absolute Gasteiger partial charge is 0.497 e. The molecule has 0 spiro atoms. The van der Waals surface area contributed by atoms with Gasteiger partial charge in [-0.2, -0.15) is 0 Å². The van der Waals surface area contributed by atoms with Crippen LogP contribution in [-0.4, -0.2) is 26.2 Å². The Hall–Kier alpha value is -4.06. The smallest absolute Gasteiger partial charge is 0.338 e. The molecule has 0 saturated heterocycles. The third-order valence-electron chi connectivity index (χ3n) is 4.37. The van der Waals surface area contributed by atoms with Crippen LogP contribution < -0.4 is 14.2 Å². The number of carbonyl (C=O) groups excluding carboxylic acids is 2. The minimum absolute atomic E-state index is 0.149. The van der Waals surface area contributed by atoms with Crippen LogP contribution in [0.2, 0.25) is 0 Å². The lowest BCUT2D eigenvalue weighted by Crippen LogP contribution is -2.06. The Morgan fingerprint density at radius 3 is 1.87 bits per heavy atom. The number of hydrogen-bond acceptors (Lipinski definition) is 6. The van der Waals surface area contributed by atoms with Gasteiger partial charge in [0.2, 0.25) is 0 Å². The standard InChI is InChI=1S/C25H22O6/c1-28-21-10-3-18(4-11-21)7-16-24(26)31-23-14-8-20(9-15-23)25(27)30-17-19-5-12-22(29-2)13-6-19/h3-16H,17H2,1-2H3/b16-7+. The topological polar surface area (TPSA) is 71.1 Å². The van der Waals surface area contributed by atoms with Gasteiger partial charge in [-0.15, -0.1) is 0 Å². The van der Waals surface area contributed by atoms with E-state index >= 15 is 0 Å². The summed E-state index contributed by atoms with van der Waals surface area (Å²) in [4.78, 5) is 24.2. The highest BCUT2D eigenvalue weighted by atomic mass is 16.5. The van der Waals surface area contributed by atoms with Crippen LogP contribution in [0.25, 0.3) is 6.08 Å². The van der Waals surface area contributed by atoms with Crippen LogP contribution in [0.15, 0.2) is 78.9 Å². The summed E-state index contributed by atoms with van der Waals surface area (Å²) in [6.45, 7) is 0.149. The molecule has 158 valence electrons. The first kappa shape index (κ1) is 21.6. The predicted octanol–water partition coefficient (Wildman–Crippen LogP) is 4.68. The van der Waals surface area contributed by atoms with Gasteiger partial charge < -0.3 is 18.9 Å². The van der Waals surface area contributed by atoms with E-state index in [1.54, 1.807) is 68.8 Å². The monoisotopic (exact) mass is 418 g/mol. The van der Waals surface area contributed by atoms with Crippen LogP contribution in [0.3, 0.4) is 0 Å². The summed E-state index contributed by atoms with van der Waals surface area (Å²) in [5.74, 6) is 0.816. The van der Waals surface area contributed by atoms with Crippen molar-refractivity contribution in [3.63, 3.8) is 0 Å². The zero-order valence-electron chi connectivity index (χ0n) is 17.2. The summed E-state index contributed by atoms with van der Waals surface area (Å²) in [5.41, 5.74) is 2.05. The fourth-order valence-electron chi connectivity index (χ4n) is 2.64. The van der Waals surface area contributed by atoms with E-state index in [-0.39, 0.29) is 6.61 Å². The SMILES string of the molecule is COc1ccc(/C=C/C(=O)Oc2ccc(C(=O)OCc3ccc(OC)cc3)cc2)cc1. The Kier molecular flexibility index (Phi) is 7.43. The Labute approximate surface area is 180 Å². The van der Waals surface area contributed by atoms with E-state index in [4.69, 9.17) is 18.9 Å². The Bertz CT molecular complexity index is 1030. The van der Waals surface area contributed by atoms with E-state index < -0.39 is 11.9 Å². The van der Waals surface area contributed by atoms with Crippen molar-refractivity contribution in [2.45, 2.75) is 6.61 Å². The molecule has 0 N–H and O–H groups in total. The molecule has 0 aliphatic heterocycles. The lowest BCUT2D eigenvalue weighted by Gasteiger charge is -2.07. The van der Waals surface area contributed by atoms with Crippen LogP contribution in [0.1, 0.15) is 21.5 Å². The van der Waals surface area contributed by atoms with Crippen LogP contribution in [-0.2, 0) is 16.1 Å². The molecule has 3 aromatic carbocycles. The van der Waals surface area contributed by atoms with Crippen molar-refractivity contribution < 1.29 is 28.5 Å². The molecule has 0 aliphatic carbocycles. The minimum atomic E-state index is -0.523. The van der Waals surface area contributed by atoms with Gasteiger partial charge in [0.05, 0.1) is 19.8 Å². The highest BCUT2D eigenvalue weighted by molar-refractivity contribution is 5.90. The molecule has 0 fully saturated rings. The molecule has 0 amide bonds. The van der Waals surface area contributed by atoms with Crippen molar-refractivity contribution in [1.82, 2.24) is 0 Å². The van der Waals surface area contributed by atoms with Crippen molar-refractivity contribution in [3.05, 3.63) is 95.6 Å². The molecule has 0 saturated carbocycles. The fourth-order valence-corrected chi connectivity index (χ4v) is 2.64. The summed E-state index contributed by atoms with van der Waals surface area (Å²) in [5, 5.41) is 0. The lowest BCUT2D eigenvalue weighted by molar-refractivity contribution is -0.128. The third kappa shape index (κ3) is 6.47. The fraction of sp³-hybridized carbons (Fsp3) is 0.120. The Morgan fingerprint density at radius 2 is 1.29 bits per heavy atom. The first-order valence-electron chi connectivity index (χ1n) is 9.51. The quantitative estimate of drug-likeness (QED) is 0.301. The molecule has 0 aromatic heterocycles. The molecule has 0 unspecified atom stereocenters. The van der Waals surface area contributed by atoms with Gasteiger partial charge in [0.25, 0.3) is 0 Å². The zero-order valence-corrected chi connectivity index (χ0v) is 17.2. The first-order chi connectivity index (χ1) is 15.1. The summed E-state index contributed by atoms with van der Waals surface area (Å²) in [6, 6.07) is 20.7. The number of methoxy groups -OCH3 is 2. The molecular weight excluding hydrogens is 396 g/mol. The lowest BCUT2D eigenvalue weighted by atomic mass is 10.2. The van der Waals surface area contributed by atoms with E-state index in [1.807, 2.05) is 24.3 Å². The summed E-state index contributed by atoms with van der Waals surface area (Å²) in [6.07, 6.45) is 2.98. The maximum Gasteiger partial charge on any atom is 0.338 e. The average molecular weight is 418 g/mol. The van der Waals surface area contributed by atoms with Gasteiger partial charge in [-0.25, -0.2) is 9.59 Å². The Morgan fingerprint density at radius 1 is 0.742 bits per heavy atom. The molecule has 3 rings (SSSR count). The molecule has 0 aliphatic rings. The van der Waals surface area contributed by atoms with Gasteiger partial charge in [0.1, 0.15) is 23.9 Å². The van der Waals surface area contributed by atoms with Crippen molar-refractivity contribution in [1.29, 1.82) is 0 Å². The summed E-state index contributed by atoms with van der Waals surface area (Å²) < 4.78 is 20.7. The zero-order chi connectivity index (χ0) is 22.1. The minimum Gasteiger partial charge on any atom is -0.497 e. The third-order valence-corrected chi connectivity index (χ3v) is 4.37. The van der Waals surface area contributed by atoms with Crippen molar-refractivity contribution in [3.8, 4) is 17.2 Å². The Balaban J connectivity index is 1.50. The number of hydrogen-bond donors (Lipinski definition) is 0. The molecule has 3 aromatic rings. The molecule has 31 heavy (non-hydrogen) atoms.